The normalized spacial score (nSPS) is 37.6. The SMILES string of the molecule is CCCCN1CC=C[C@]23S[C@]4(C)C=CCOC(=O)[C@@H]4[C@H]2C(=O)N(CCCO)C3C1=O. The molecular weight excluding hydrogens is 404 g/mol. The number of amides is 2. The number of aliphatic hydroxyl groups excluding tert-OH is 1. The van der Waals surface area contributed by atoms with Crippen LogP contribution in [-0.4, -0.2) is 81.1 Å². The van der Waals surface area contributed by atoms with Crippen LogP contribution < -0.4 is 0 Å². The van der Waals surface area contributed by atoms with Crippen molar-refractivity contribution in [3.8, 4) is 0 Å². The van der Waals surface area contributed by atoms with Gasteiger partial charge in [0.1, 0.15) is 12.6 Å². The van der Waals surface area contributed by atoms with Gasteiger partial charge in [0, 0.05) is 31.0 Å². The van der Waals surface area contributed by atoms with Gasteiger partial charge in [-0.3, -0.25) is 14.4 Å². The Morgan fingerprint density at radius 1 is 1.13 bits per heavy atom. The number of likely N-dealkylation sites (tertiary alicyclic amines) is 1. The van der Waals surface area contributed by atoms with Crippen LogP contribution in [-0.2, 0) is 19.1 Å². The Morgan fingerprint density at radius 2 is 1.93 bits per heavy atom. The van der Waals surface area contributed by atoms with Gasteiger partial charge in [0.05, 0.1) is 16.6 Å². The Labute approximate surface area is 181 Å². The molecule has 0 radical (unpaired) electrons. The molecule has 2 amide bonds. The number of hydrogen-bond acceptors (Lipinski definition) is 6. The summed E-state index contributed by atoms with van der Waals surface area (Å²) < 4.78 is 3.97. The molecule has 0 bridgehead atoms. The molecule has 0 saturated carbocycles. The van der Waals surface area contributed by atoms with E-state index in [4.69, 9.17) is 4.74 Å². The standard InChI is InChI=1S/C22H30N2O5S/c1-3-4-10-23-11-5-9-22-15(16-20(28)29-14-6-8-21(16,2)30-22)18(26)24(12-7-13-25)17(22)19(23)27/h5-6,8-9,15-17,25H,3-4,7,10-14H2,1-2H3/t15-,16-,17?,21+,22-/m0/s1. The highest BCUT2D eigenvalue weighted by atomic mass is 32.2. The van der Waals surface area contributed by atoms with E-state index in [2.05, 4.69) is 6.92 Å². The van der Waals surface area contributed by atoms with Crippen molar-refractivity contribution in [1.29, 1.82) is 0 Å². The van der Waals surface area contributed by atoms with E-state index < -0.39 is 27.4 Å². The van der Waals surface area contributed by atoms with Gasteiger partial charge in [-0.2, -0.15) is 0 Å². The summed E-state index contributed by atoms with van der Waals surface area (Å²) in [5.74, 6) is -1.92. The minimum absolute atomic E-state index is 0.0587. The van der Waals surface area contributed by atoms with E-state index in [1.807, 2.05) is 36.1 Å². The molecule has 0 aromatic carbocycles. The van der Waals surface area contributed by atoms with Crippen molar-refractivity contribution in [3.05, 3.63) is 24.3 Å². The molecule has 164 valence electrons. The number of rotatable bonds is 6. The van der Waals surface area contributed by atoms with Gasteiger partial charge in [0.15, 0.2) is 0 Å². The highest BCUT2D eigenvalue weighted by Crippen LogP contribution is 2.65. The lowest BCUT2D eigenvalue weighted by Crippen LogP contribution is -2.53. The molecule has 4 aliphatic heterocycles. The van der Waals surface area contributed by atoms with Crippen LogP contribution in [0.5, 0.6) is 0 Å². The van der Waals surface area contributed by atoms with Crippen molar-refractivity contribution in [2.45, 2.75) is 48.6 Å². The van der Waals surface area contributed by atoms with Crippen LogP contribution >= 0.6 is 11.8 Å². The topological polar surface area (TPSA) is 87.2 Å². The third-order valence-corrected chi connectivity index (χ3v) is 8.53. The number of hydrogen-bond donors (Lipinski definition) is 1. The summed E-state index contributed by atoms with van der Waals surface area (Å²) in [7, 11) is 0. The first-order chi connectivity index (χ1) is 14.4. The zero-order valence-electron chi connectivity index (χ0n) is 17.6. The highest BCUT2D eigenvalue weighted by Gasteiger charge is 2.73. The summed E-state index contributed by atoms with van der Waals surface area (Å²) in [5, 5.41) is 9.37. The Bertz CT molecular complexity index is 798. The predicted molar refractivity (Wildman–Crippen MR) is 114 cm³/mol. The smallest absolute Gasteiger partial charge is 0.311 e. The molecule has 30 heavy (non-hydrogen) atoms. The number of unbranched alkanes of at least 4 members (excludes halogenated alkanes) is 1. The van der Waals surface area contributed by atoms with E-state index in [9.17, 15) is 19.5 Å². The fourth-order valence-electron chi connectivity index (χ4n) is 5.43. The fraction of sp³-hybridized carbons (Fsp3) is 0.682. The van der Waals surface area contributed by atoms with Gasteiger partial charge >= 0.3 is 5.97 Å². The number of thioether (sulfide) groups is 1. The van der Waals surface area contributed by atoms with E-state index in [1.165, 1.54) is 0 Å². The zero-order chi connectivity index (χ0) is 21.5. The minimum Gasteiger partial charge on any atom is -0.461 e. The van der Waals surface area contributed by atoms with Crippen LogP contribution in [0.4, 0.5) is 0 Å². The molecule has 2 fully saturated rings. The van der Waals surface area contributed by atoms with Crippen molar-refractivity contribution in [2.75, 3.05) is 32.8 Å². The average molecular weight is 435 g/mol. The quantitative estimate of drug-likeness (QED) is 0.502. The Kier molecular flexibility index (Phi) is 5.74. The molecular formula is C22H30N2O5S. The summed E-state index contributed by atoms with van der Waals surface area (Å²) >= 11 is 1.55. The molecule has 5 atom stereocenters. The van der Waals surface area contributed by atoms with Crippen LogP contribution in [0.15, 0.2) is 24.3 Å². The van der Waals surface area contributed by atoms with Crippen molar-refractivity contribution >= 4 is 29.5 Å². The van der Waals surface area contributed by atoms with Gasteiger partial charge in [-0.15, -0.1) is 11.8 Å². The summed E-state index contributed by atoms with van der Waals surface area (Å²) in [4.78, 5) is 43.8. The van der Waals surface area contributed by atoms with Crippen LogP contribution in [0, 0.1) is 11.8 Å². The Morgan fingerprint density at radius 3 is 2.67 bits per heavy atom. The molecule has 4 aliphatic rings. The number of ether oxygens (including phenoxy) is 1. The summed E-state index contributed by atoms with van der Waals surface area (Å²) in [5.41, 5.74) is 0. The van der Waals surface area contributed by atoms with E-state index in [0.29, 0.717) is 26.1 Å². The maximum absolute atomic E-state index is 13.7. The predicted octanol–water partition coefficient (Wildman–Crippen LogP) is 1.37. The summed E-state index contributed by atoms with van der Waals surface area (Å²) in [6.45, 7) is 5.66. The van der Waals surface area contributed by atoms with Crippen LogP contribution in [0.2, 0.25) is 0 Å². The van der Waals surface area contributed by atoms with Gasteiger partial charge in [-0.25, -0.2) is 0 Å². The van der Waals surface area contributed by atoms with Gasteiger partial charge in [0.2, 0.25) is 11.8 Å². The first-order valence-corrected chi connectivity index (χ1v) is 11.6. The van der Waals surface area contributed by atoms with E-state index in [-0.39, 0.29) is 31.0 Å². The lowest BCUT2D eigenvalue weighted by Gasteiger charge is -2.36. The second kappa shape index (κ2) is 8.04. The second-order valence-electron chi connectivity index (χ2n) is 8.68. The Balaban J connectivity index is 1.81. The molecule has 4 heterocycles. The number of esters is 1. The van der Waals surface area contributed by atoms with E-state index >= 15 is 0 Å². The third kappa shape index (κ3) is 3.11. The third-order valence-electron chi connectivity index (χ3n) is 6.73. The number of cyclic esters (lactones) is 1. The first kappa shape index (κ1) is 21.4. The molecule has 0 aliphatic carbocycles. The van der Waals surface area contributed by atoms with Crippen LogP contribution in [0.3, 0.4) is 0 Å². The molecule has 1 N–H and O–H groups in total. The second-order valence-corrected chi connectivity index (χ2v) is 10.5. The molecule has 4 rings (SSSR count). The first-order valence-electron chi connectivity index (χ1n) is 10.8. The van der Waals surface area contributed by atoms with Crippen molar-refractivity contribution in [3.63, 3.8) is 0 Å². The van der Waals surface area contributed by atoms with E-state index in [1.54, 1.807) is 16.7 Å². The maximum Gasteiger partial charge on any atom is 0.311 e. The lowest BCUT2D eigenvalue weighted by molar-refractivity contribution is -0.152. The molecule has 8 heteroatoms. The molecule has 1 spiro atoms. The monoisotopic (exact) mass is 434 g/mol. The van der Waals surface area contributed by atoms with Gasteiger partial charge in [-0.1, -0.05) is 31.6 Å². The lowest BCUT2D eigenvalue weighted by atomic mass is 9.75. The van der Waals surface area contributed by atoms with Gasteiger partial charge in [0.25, 0.3) is 0 Å². The largest absolute Gasteiger partial charge is 0.461 e. The van der Waals surface area contributed by atoms with Crippen molar-refractivity contribution in [2.24, 2.45) is 11.8 Å². The minimum atomic E-state index is -0.815. The highest BCUT2D eigenvalue weighted by molar-refractivity contribution is 8.02. The number of carbonyl (C=O) groups excluding carboxylic acids is 3. The number of nitrogens with zero attached hydrogens (tertiary/aromatic N) is 2. The average Bonchev–Trinajstić information content (AvgIpc) is 2.97. The molecule has 0 aromatic rings. The zero-order valence-corrected chi connectivity index (χ0v) is 18.4. The number of fused-ring (bicyclic) bond motifs is 2. The molecule has 7 nitrogen and oxygen atoms in total. The maximum atomic E-state index is 13.7. The number of aliphatic hydroxyl groups is 1. The molecule has 2 saturated heterocycles. The van der Waals surface area contributed by atoms with Crippen LogP contribution in [0.25, 0.3) is 0 Å². The van der Waals surface area contributed by atoms with Gasteiger partial charge < -0.3 is 19.6 Å². The van der Waals surface area contributed by atoms with E-state index in [0.717, 1.165) is 12.8 Å². The summed E-state index contributed by atoms with van der Waals surface area (Å²) in [6, 6.07) is -0.674. The fourth-order valence-corrected chi connectivity index (χ4v) is 7.59. The van der Waals surface area contributed by atoms with Crippen molar-refractivity contribution < 1.29 is 24.2 Å². The van der Waals surface area contributed by atoms with Gasteiger partial charge in [-0.05, 0) is 25.8 Å². The van der Waals surface area contributed by atoms with Crippen molar-refractivity contribution in [1.82, 2.24) is 9.80 Å². The molecule has 1 unspecified atom stereocenters. The number of carbonyl (C=O) groups is 3. The van der Waals surface area contributed by atoms with Crippen LogP contribution in [0.1, 0.15) is 33.1 Å². The Hall–Kier alpha value is -1.80. The molecule has 0 aromatic heterocycles. The summed E-state index contributed by atoms with van der Waals surface area (Å²) in [6.07, 6.45) is 10.1.